The largest absolute Gasteiger partial charge is 0.493 e. The zero-order chi connectivity index (χ0) is 17.6. The number of amides is 1. The number of aryl methyl sites for hydroxylation is 2. The first kappa shape index (κ1) is 17.3. The molecule has 1 aliphatic rings. The number of piperazine rings is 1. The SMILES string of the molecule is Cc1cccc(OCCC(=O)N2CCN(c3cccc(C)c3)CC2)c1. The molecule has 1 aliphatic heterocycles. The smallest absolute Gasteiger partial charge is 0.226 e. The molecular formula is C21H26N2O2. The van der Waals surface area contributed by atoms with Crippen molar-refractivity contribution in [1.29, 1.82) is 0 Å². The highest BCUT2D eigenvalue weighted by Crippen LogP contribution is 2.18. The zero-order valence-corrected chi connectivity index (χ0v) is 15.1. The monoisotopic (exact) mass is 338 g/mol. The fraction of sp³-hybridized carbons (Fsp3) is 0.381. The van der Waals surface area contributed by atoms with Gasteiger partial charge in [-0.25, -0.2) is 0 Å². The van der Waals surface area contributed by atoms with Crippen LogP contribution in [0.4, 0.5) is 5.69 Å². The van der Waals surface area contributed by atoms with Crippen LogP contribution in [-0.4, -0.2) is 43.6 Å². The molecule has 1 saturated heterocycles. The predicted molar refractivity (Wildman–Crippen MR) is 101 cm³/mol. The lowest BCUT2D eigenvalue weighted by atomic mass is 10.2. The van der Waals surface area contributed by atoms with Crippen LogP contribution >= 0.6 is 0 Å². The number of ether oxygens (including phenoxy) is 1. The van der Waals surface area contributed by atoms with Crippen molar-refractivity contribution in [3.05, 3.63) is 59.7 Å². The van der Waals surface area contributed by atoms with E-state index in [-0.39, 0.29) is 5.91 Å². The highest BCUT2D eigenvalue weighted by atomic mass is 16.5. The Balaban J connectivity index is 1.44. The Labute approximate surface area is 150 Å². The van der Waals surface area contributed by atoms with Crippen molar-refractivity contribution in [2.75, 3.05) is 37.7 Å². The lowest BCUT2D eigenvalue weighted by molar-refractivity contribution is -0.132. The van der Waals surface area contributed by atoms with Crippen LogP contribution in [0, 0.1) is 13.8 Å². The van der Waals surface area contributed by atoms with Crippen LogP contribution in [-0.2, 0) is 4.79 Å². The van der Waals surface area contributed by atoms with Gasteiger partial charge in [-0.15, -0.1) is 0 Å². The molecule has 0 radical (unpaired) electrons. The average Bonchev–Trinajstić information content (AvgIpc) is 2.62. The van der Waals surface area contributed by atoms with E-state index in [4.69, 9.17) is 4.74 Å². The molecule has 1 fully saturated rings. The summed E-state index contributed by atoms with van der Waals surface area (Å²) in [5.74, 6) is 1.01. The maximum atomic E-state index is 12.4. The quantitative estimate of drug-likeness (QED) is 0.837. The summed E-state index contributed by atoms with van der Waals surface area (Å²) in [6.07, 6.45) is 0.429. The number of benzene rings is 2. The Morgan fingerprint density at radius 1 is 0.960 bits per heavy atom. The Kier molecular flexibility index (Phi) is 5.59. The summed E-state index contributed by atoms with van der Waals surface area (Å²) >= 11 is 0. The molecule has 0 atom stereocenters. The number of anilines is 1. The molecule has 2 aromatic carbocycles. The molecule has 1 heterocycles. The molecule has 0 spiro atoms. The summed E-state index contributed by atoms with van der Waals surface area (Å²) in [5.41, 5.74) is 3.68. The predicted octanol–water partition coefficient (Wildman–Crippen LogP) is 3.42. The van der Waals surface area contributed by atoms with Gasteiger partial charge in [0, 0.05) is 31.9 Å². The van der Waals surface area contributed by atoms with Crippen molar-refractivity contribution in [3.8, 4) is 5.75 Å². The molecule has 4 nitrogen and oxygen atoms in total. The molecule has 1 amide bonds. The summed E-state index contributed by atoms with van der Waals surface area (Å²) in [7, 11) is 0. The van der Waals surface area contributed by atoms with Crippen molar-refractivity contribution in [2.45, 2.75) is 20.3 Å². The van der Waals surface area contributed by atoms with E-state index < -0.39 is 0 Å². The van der Waals surface area contributed by atoms with Gasteiger partial charge in [-0.2, -0.15) is 0 Å². The van der Waals surface area contributed by atoms with Crippen LogP contribution < -0.4 is 9.64 Å². The molecule has 25 heavy (non-hydrogen) atoms. The third-order valence-corrected chi connectivity index (χ3v) is 4.57. The van der Waals surface area contributed by atoms with Crippen LogP contribution in [0.15, 0.2) is 48.5 Å². The molecule has 0 bridgehead atoms. The number of hydrogen-bond donors (Lipinski definition) is 0. The Morgan fingerprint density at radius 3 is 2.32 bits per heavy atom. The normalized spacial score (nSPS) is 14.5. The molecule has 3 rings (SSSR count). The molecule has 0 aliphatic carbocycles. The zero-order valence-electron chi connectivity index (χ0n) is 15.1. The minimum atomic E-state index is 0.177. The lowest BCUT2D eigenvalue weighted by Gasteiger charge is -2.36. The minimum Gasteiger partial charge on any atom is -0.493 e. The van der Waals surface area contributed by atoms with E-state index in [0.29, 0.717) is 13.0 Å². The Morgan fingerprint density at radius 2 is 1.64 bits per heavy atom. The first-order chi connectivity index (χ1) is 12.1. The minimum absolute atomic E-state index is 0.177. The Bertz CT molecular complexity index is 721. The molecule has 2 aromatic rings. The van der Waals surface area contributed by atoms with Crippen LogP contribution in [0.3, 0.4) is 0 Å². The van der Waals surface area contributed by atoms with E-state index in [1.165, 1.54) is 11.3 Å². The summed E-state index contributed by atoms with van der Waals surface area (Å²) in [5, 5.41) is 0. The van der Waals surface area contributed by atoms with Crippen molar-refractivity contribution in [1.82, 2.24) is 4.90 Å². The van der Waals surface area contributed by atoms with Gasteiger partial charge in [0.2, 0.25) is 5.91 Å². The van der Waals surface area contributed by atoms with Crippen LogP contribution in [0.25, 0.3) is 0 Å². The fourth-order valence-corrected chi connectivity index (χ4v) is 3.16. The topological polar surface area (TPSA) is 32.8 Å². The number of carbonyl (C=O) groups excluding carboxylic acids is 1. The summed E-state index contributed by atoms with van der Waals surface area (Å²) in [4.78, 5) is 16.7. The molecule has 0 aromatic heterocycles. The first-order valence-corrected chi connectivity index (χ1v) is 8.91. The van der Waals surface area contributed by atoms with Crippen LogP contribution in [0.5, 0.6) is 5.75 Å². The summed E-state index contributed by atoms with van der Waals surface area (Å²) in [6, 6.07) is 16.5. The standard InChI is InChI=1S/C21H26N2O2/c1-17-5-3-7-19(15-17)22-10-12-23(13-11-22)21(24)9-14-25-20-8-4-6-18(2)16-20/h3-8,15-16H,9-14H2,1-2H3. The van der Waals surface area contributed by atoms with E-state index in [1.807, 2.05) is 36.1 Å². The van der Waals surface area contributed by atoms with Crippen LogP contribution in [0.1, 0.15) is 17.5 Å². The molecule has 132 valence electrons. The van der Waals surface area contributed by atoms with Crippen molar-refractivity contribution < 1.29 is 9.53 Å². The number of hydrogen-bond acceptors (Lipinski definition) is 3. The first-order valence-electron chi connectivity index (χ1n) is 8.91. The molecule has 4 heteroatoms. The highest BCUT2D eigenvalue weighted by Gasteiger charge is 2.21. The number of rotatable bonds is 5. The van der Waals surface area contributed by atoms with Gasteiger partial charge in [0.05, 0.1) is 13.0 Å². The Hall–Kier alpha value is -2.49. The van der Waals surface area contributed by atoms with Crippen LogP contribution in [0.2, 0.25) is 0 Å². The lowest BCUT2D eigenvalue weighted by Crippen LogP contribution is -2.49. The van der Waals surface area contributed by atoms with E-state index >= 15 is 0 Å². The fourth-order valence-electron chi connectivity index (χ4n) is 3.16. The van der Waals surface area contributed by atoms with Gasteiger partial charge < -0.3 is 14.5 Å². The van der Waals surface area contributed by atoms with Crippen molar-refractivity contribution in [3.63, 3.8) is 0 Å². The average molecular weight is 338 g/mol. The summed E-state index contributed by atoms with van der Waals surface area (Å²) < 4.78 is 5.69. The number of nitrogens with zero attached hydrogens (tertiary/aromatic N) is 2. The van der Waals surface area contributed by atoms with Crippen molar-refractivity contribution >= 4 is 11.6 Å². The third kappa shape index (κ3) is 4.75. The molecule has 0 saturated carbocycles. The number of carbonyl (C=O) groups is 1. The van der Waals surface area contributed by atoms with Gasteiger partial charge >= 0.3 is 0 Å². The van der Waals surface area contributed by atoms with E-state index in [2.05, 4.69) is 36.1 Å². The summed E-state index contributed by atoms with van der Waals surface area (Å²) in [6.45, 7) is 7.89. The highest BCUT2D eigenvalue weighted by molar-refractivity contribution is 5.76. The van der Waals surface area contributed by atoms with E-state index in [1.54, 1.807) is 0 Å². The second kappa shape index (κ2) is 8.06. The second-order valence-corrected chi connectivity index (χ2v) is 6.62. The second-order valence-electron chi connectivity index (χ2n) is 6.62. The maximum Gasteiger partial charge on any atom is 0.226 e. The van der Waals surface area contributed by atoms with Gasteiger partial charge in [-0.3, -0.25) is 4.79 Å². The van der Waals surface area contributed by atoms with Gasteiger partial charge in [0.25, 0.3) is 0 Å². The van der Waals surface area contributed by atoms with Gasteiger partial charge in [0.1, 0.15) is 5.75 Å². The van der Waals surface area contributed by atoms with Gasteiger partial charge in [-0.1, -0.05) is 24.3 Å². The van der Waals surface area contributed by atoms with Gasteiger partial charge in [-0.05, 0) is 49.2 Å². The molecule has 0 N–H and O–H groups in total. The van der Waals surface area contributed by atoms with E-state index in [9.17, 15) is 4.79 Å². The molecular weight excluding hydrogens is 312 g/mol. The van der Waals surface area contributed by atoms with E-state index in [0.717, 1.165) is 37.5 Å². The molecule has 0 unspecified atom stereocenters. The third-order valence-electron chi connectivity index (χ3n) is 4.57. The van der Waals surface area contributed by atoms with Crippen molar-refractivity contribution in [2.24, 2.45) is 0 Å². The maximum absolute atomic E-state index is 12.4. The van der Waals surface area contributed by atoms with Gasteiger partial charge in [0.15, 0.2) is 0 Å².